The first-order valence-corrected chi connectivity index (χ1v) is 7.29. The molecule has 1 aromatic rings. The average molecular weight is 299 g/mol. The van der Waals surface area contributed by atoms with Crippen LogP contribution >= 0.6 is 0 Å². The number of hydrogen-bond donors (Lipinski definition) is 2. The Morgan fingerprint density at radius 3 is 2.62 bits per heavy atom. The molecule has 5 heteroatoms. The molecule has 2 unspecified atom stereocenters. The SMILES string of the molecule is COc1cc(F)ccc1NCC(O)COC(C)CC(C)C. The maximum atomic E-state index is 13.1. The standard InChI is InChI=1S/C16H26FNO3/c1-11(2)7-12(3)21-10-14(19)9-18-15-6-5-13(17)8-16(15)20-4/h5-6,8,11-12,14,18-19H,7,9-10H2,1-4H3. The van der Waals surface area contributed by atoms with Gasteiger partial charge in [-0.15, -0.1) is 0 Å². The van der Waals surface area contributed by atoms with Crippen LogP contribution in [0.1, 0.15) is 27.2 Å². The van der Waals surface area contributed by atoms with Crippen LogP contribution in [0.25, 0.3) is 0 Å². The van der Waals surface area contributed by atoms with Crippen molar-refractivity contribution in [2.75, 3.05) is 25.6 Å². The fraction of sp³-hybridized carbons (Fsp3) is 0.625. The molecular weight excluding hydrogens is 273 g/mol. The van der Waals surface area contributed by atoms with Gasteiger partial charge in [0.05, 0.1) is 31.6 Å². The Balaban J connectivity index is 2.37. The van der Waals surface area contributed by atoms with Gasteiger partial charge in [-0.3, -0.25) is 0 Å². The lowest BCUT2D eigenvalue weighted by Crippen LogP contribution is -2.27. The van der Waals surface area contributed by atoms with E-state index in [1.807, 2.05) is 6.92 Å². The molecule has 0 aliphatic rings. The van der Waals surface area contributed by atoms with Crippen LogP contribution in [-0.2, 0) is 4.74 Å². The molecule has 0 radical (unpaired) electrons. The predicted octanol–water partition coefficient (Wildman–Crippen LogP) is 3.06. The van der Waals surface area contributed by atoms with Crippen LogP contribution in [0.2, 0.25) is 0 Å². The highest BCUT2D eigenvalue weighted by Gasteiger charge is 2.11. The summed E-state index contributed by atoms with van der Waals surface area (Å²) >= 11 is 0. The van der Waals surface area contributed by atoms with Gasteiger partial charge in [-0.05, 0) is 31.4 Å². The molecule has 0 amide bonds. The summed E-state index contributed by atoms with van der Waals surface area (Å²) in [5, 5.41) is 12.9. The number of rotatable bonds is 9. The van der Waals surface area contributed by atoms with Crippen LogP contribution in [0.5, 0.6) is 5.75 Å². The van der Waals surface area contributed by atoms with E-state index in [2.05, 4.69) is 19.2 Å². The van der Waals surface area contributed by atoms with E-state index in [-0.39, 0.29) is 18.5 Å². The van der Waals surface area contributed by atoms with Gasteiger partial charge in [0.15, 0.2) is 0 Å². The lowest BCUT2D eigenvalue weighted by atomic mass is 10.1. The minimum atomic E-state index is -0.630. The smallest absolute Gasteiger partial charge is 0.144 e. The van der Waals surface area contributed by atoms with E-state index >= 15 is 0 Å². The molecule has 120 valence electrons. The minimum absolute atomic E-state index is 0.125. The van der Waals surface area contributed by atoms with Crippen LogP contribution in [-0.4, -0.2) is 37.6 Å². The lowest BCUT2D eigenvalue weighted by molar-refractivity contribution is -0.00444. The van der Waals surface area contributed by atoms with E-state index in [0.29, 0.717) is 23.9 Å². The molecule has 0 fully saturated rings. The van der Waals surface area contributed by atoms with Gasteiger partial charge >= 0.3 is 0 Å². The highest BCUT2D eigenvalue weighted by atomic mass is 19.1. The van der Waals surface area contributed by atoms with Gasteiger partial charge in [0.25, 0.3) is 0 Å². The number of methoxy groups -OCH3 is 1. The maximum absolute atomic E-state index is 13.1. The van der Waals surface area contributed by atoms with Crippen molar-refractivity contribution in [2.45, 2.75) is 39.4 Å². The molecule has 2 atom stereocenters. The molecule has 0 aromatic heterocycles. The largest absolute Gasteiger partial charge is 0.494 e. The highest BCUT2D eigenvalue weighted by Crippen LogP contribution is 2.24. The summed E-state index contributed by atoms with van der Waals surface area (Å²) in [6.45, 7) is 6.86. The number of ether oxygens (including phenoxy) is 2. The molecule has 21 heavy (non-hydrogen) atoms. The zero-order valence-corrected chi connectivity index (χ0v) is 13.2. The van der Waals surface area contributed by atoms with E-state index in [1.54, 1.807) is 6.07 Å². The van der Waals surface area contributed by atoms with Crippen LogP contribution < -0.4 is 10.1 Å². The first kappa shape index (κ1) is 17.7. The van der Waals surface area contributed by atoms with Gasteiger partial charge in [0, 0.05) is 12.6 Å². The normalized spacial score (nSPS) is 14.0. The number of nitrogens with one attached hydrogen (secondary N) is 1. The summed E-state index contributed by atoms with van der Waals surface area (Å²) in [6, 6.07) is 4.23. The van der Waals surface area contributed by atoms with Crippen LogP contribution in [0.4, 0.5) is 10.1 Å². The molecule has 1 rings (SSSR count). The summed E-state index contributed by atoms with van der Waals surface area (Å²) in [4.78, 5) is 0. The van der Waals surface area contributed by atoms with Crippen molar-refractivity contribution in [3.05, 3.63) is 24.0 Å². The third kappa shape index (κ3) is 6.78. The van der Waals surface area contributed by atoms with Gasteiger partial charge in [-0.25, -0.2) is 4.39 Å². The summed E-state index contributed by atoms with van der Waals surface area (Å²) < 4.78 is 23.8. The van der Waals surface area contributed by atoms with E-state index in [9.17, 15) is 9.50 Å². The molecule has 4 nitrogen and oxygen atoms in total. The van der Waals surface area contributed by atoms with Gasteiger partial charge in [0.2, 0.25) is 0 Å². The van der Waals surface area contributed by atoms with Gasteiger partial charge in [-0.1, -0.05) is 13.8 Å². The zero-order valence-electron chi connectivity index (χ0n) is 13.2. The molecule has 0 aliphatic carbocycles. The quantitative estimate of drug-likeness (QED) is 0.736. The van der Waals surface area contributed by atoms with Crippen LogP contribution in [0.15, 0.2) is 18.2 Å². The molecule has 0 saturated heterocycles. The van der Waals surface area contributed by atoms with Crippen molar-refractivity contribution in [3.8, 4) is 5.75 Å². The molecule has 0 aliphatic heterocycles. The number of anilines is 1. The van der Waals surface area contributed by atoms with Crippen molar-refractivity contribution in [3.63, 3.8) is 0 Å². The first-order valence-electron chi connectivity index (χ1n) is 7.29. The van der Waals surface area contributed by atoms with Crippen molar-refractivity contribution < 1.29 is 19.0 Å². The maximum Gasteiger partial charge on any atom is 0.144 e. The number of hydrogen-bond acceptors (Lipinski definition) is 4. The summed E-state index contributed by atoms with van der Waals surface area (Å²) in [5.74, 6) is 0.624. The highest BCUT2D eigenvalue weighted by molar-refractivity contribution is 5.56. The Labute approximate surface area is 126 Å². The Bertz CT molecular complexity index is 426. The van der Waals surface area contributed by atoms with Crippen molar-refractivity contribution in [1.82, 2.24) is 0 Å². The number of aliphatic hydroxyl groups is 1. The molecule has 2 N–H and O–H groups in total. The molecule has 1 aromatic carbocycles. The fourth-order valence-electron chi connectivity index (χ4n) is 2.11. The molecule has 0 bridgehead atoms. The van der Waals surface area contributed by atoms with Crippen molar-refractivity contribution in [2.24, 2.45) is 5.92 Å². The Morgan fingerprint density at radius 1 is 1.29 bits per heavy atom. The molecule has 0 saturated carbocycles. The van der Waals surface area contributed by atoms with Gasteiger partial charge in [0.1, 0.15) is 11.6 Å². The topological polar surface area (TPSA) is 50.7 Å². The third-order valence-corrected chi connectivity index (χ3v) is 3.07. The monoisotopic (exact) mass is 299 g/mol. The summed E-state index contributed by atoms with van der Waals surface area (Å²) in [5.41, 5.74) is 0.646. The second-order valence-electron chi connectivity index (χ2n) is 5.65. The number of aliphatic hydroxyl groups excluding tert-OH is 1. The molecular formula is C16H26FNO3. The Kier molecular flexibility index (Phi) is 7.47. The van der Waals surface area contributed by atoms with Gasteiger partial charge in [-0.2, -0.15) is 0 Å². The van der Waals surface area contributed by atoms with Crippen molar-refractivity contribution in [1.29, 1.82) is 0 Å². The second-order valence-corrected chi connectivity index (χ2v) is 5.65. The van der Waals surface area contributed by atoms with E-state index in [0.717, 1.165) is 6.42 Å². The lowest BCUT2D eigenvalue weighted by Gasteiger charge is -2.19. The van der Waals surface area contributed by atoms with E-state index in [4.69, 9.17) is 9.47 Å². The number of benzene rings is 1. The fourth-order valence-corrected chi connectivity index (χ4v) is 2.11. The first-order chi connectivity index (χ1) is 9.92. The molecule has 0 spiro atoms. The van der Waals surface area contributed by atoms with Crippen molar-refractivity contribution >= 4 is 5.69 Å². The number of halogens is 1. The Hall–Kier alpha value is -1.33. The molecule has 0 heterocycles. The van der Waals surface area contributed by atoms with Gasteiger partial charge < -0.3 is 19.9 Å². The zero-order chi connectivity index (χ0) is 15.8. The Morgan fingerprint density at radius 2 is 2.00 bits per heavy atom. The summed E-state index contributed by atoms with van der Waals surface area (Å²) in [6.07, 6.45) is 0.459. The summed E-state index contributed by atoms with van der Waals surface area (Å²) in [7, 11) is 1.48. The van der Waals surface area contributed by atoms with Crippen LogP contribution in [0.3, 0.4) is 0 Å². The average Bonchev–Trinajstić information content (AvgIpc) is 2.42. The second kappa shape index (κ2) is 8.85. The van der Waals surface area contributed by atoms with E-state index in [1.165, 1.54) is 19.2 Å². The van der Waals surface area contributed by atoms with Crippen LogP contribution in [0, 0.1) is 11.7 Å². The predicted molar refractivity (Wildman–Crippen MR) is 82.3 cm³/mol. The third-order valence-electron chi connectivity index (χ3n) is 3.07. The minimum Gasteiger partial charge on any atom is -0.494 e. The van der Waals surface area contributed by atoms with E-state index < -0.39 is 6.10 Å².